The molecule has 6 nitrogen and oxygen atoms in total. The topological polar surface area (TPSA) is 84.2 Å². The van der Waals surface area contributed by atoms with Gasteiger partial charge in [-0.05, 0) is 31.7 Å². The molecule has 2 rings (SSSR count). The lowest BCUT2D eigenvalue weighted by Gasteiger charge is -2.15. The van der Waals surface area contributed by atoms with Crippen LogP contribution in [0, 0.1) is 12.8 Å². The predicted octanol–water partition coefficient (Wildman–Crippen LogP) is 0.712. The number of amides is 1. The first-order chi connectivity index (χ1) is 8.47. The van der Waals surface area contributed by atoms with Crippen LogP contribution in [0.5, 0.6) is 0 Å². The zero-order chi connectivity index (χ0) is 13.3. The van der Waals surface area contributed by atoms with E-state index >= 15 is 0 Å². The molecule has 1 unspecified atom stereocenters. The fourth-order valence-corrected chi connectivity index (χ4v) is 2.09. The fraction of sp³-hybridized carbons (Fsp3) is 0.583. The summed E-state index contributed by atoms with van der Waals surface area (Å²) in [6, 6.07) is 1.42. The van der Waals surface area contributed by atoms with E-state index in [4.69, 9.17) is 5.11 Å². The molecule has 0 radical (unpaired) electrons. The van der Waals surface area contributed by atoms with Crippen molar-refractivity contribution in [3.8, 4) is 0 Å². The van der Waals surface area contributed by atoms with Crippen LogP contribution in [0.15, 0.2) is 6.07 Å². The van der Waals surface area contributed by atoms with Gasteiger partial charge >= 0.3 is 5.97 Å². The highest BCUT2D eigenvalue weighted by molar-refractivity contribution is 5.93. The maximum atomic E-state index is 12.0. The fourth-order valence-electron chi connectivity index (χ4n) is 2.09. The van der Waals surface area contributed by atoms with Gasteiger partial charge in [-0.25, -0.2) is 0 Å². The molecule has 1 aliphatic carbocycles. The highest BCUT2D eigenvalue weighted by Gasteiger charge is 2.34. The summed E-state index contributed by atoms with van der Waals surface area (Å²) >= 11 is 0. The van der Waals surface area contributed by atoms with Crippen molar-refractivity contribution in [2.24, 2.45) is 13.0 Å². The van der Waals surface area contributed by atoms with Crippen molar-refractivity contribution < 1.29 is 14.7 Å². The standard InChI is InChI=1S/C12H17N3O3/c1-7-5-10(15(2)14-7)12(18)13-9(6-11(16)17)8-3-4-8/h5,8-9H,3-4,6H2,1-2H3,(H,13,18)(H,16,17). The number of rotatable bonds is 5. The zero-order valence-corrected chi connectivity index (χ0v) is 10.5. The van der Waals surface area contributed by atoms with E-state index in [2.05, 4.69) is 10.4 Å². The largest absolute Gasteiger partial charge is 0.481 e. The number of nitrogens with zero attached hydrogens (tertiary/aromatic N) is 2. The summed E-state index contributed by atoms with van der Waals surface area (Å²) in [4.78, 5) is 22.8. The minimum atomic E-state index is -0.881. The Balaban J connectivity index is 2.04. The molecule has 18 heavy (non-hydrogen) atoms. The summed E-state index contributed by atoms with van der Waals surface area (Å²) in [6.07, 6.45) is 1.96. The third-order valence-corrected chi connectivity index (χ3v) is 3.14. The number of hydrogen-bond acceptors (Lipinski definition) is 3. The van der Waals surface area contributed by atoms with Gasteiger partial charge in [0.15, 0.2) is 0 Å². The Morgan fingerprint density at radius 3 is 2.72 bits per heavy atom. The number of carboxylic acids is 1. The van der Waals surface area contributed by atoms with Crippen molar-refractivity contribution in [3.05, 3.63) is 17.5 Å². The number of carboxylic acid groups (broad SMARTS) is 1. The Labute approximate surface area is 105 Å². The lowest BCUT2D eigenvalue weighted by atomic mass is 10.1. The first kappa shape index (κ1) is 12.6. The number of aryl methyl sites for hydroxylation is 2. The lowest BCUT2D eigenvalue weighted by molar-refractivity contribution is -0.137. The molecule has 0 aliphatic heterocycles. The normalized spacial score (nSPS) is 16.3. The Hall–Kier alpha value is -1.85. The second kappa shape index (κ2) is 4.80. The lowest BCUT2D eigenvalue weighted by Crippen LogP contribution is -2.38. The van der Waals surface area contributed by atoms with Gasteiger partial charge in [-0.15, -0.1) is 0 Å². The molecular weight excluding hydrogens is 234 g/mol. The quantitative estimate of drug-likeness (QED) is 0.807. The van der Waals surface area contributed by atoms with Gasteiger partial charge in [0, 0.05) is 13.1 Å². The molecule has 1 aliphatic rings. The van der Waals surface area contributed by atoms with Gasteiger partial charge in [-0.3, -0.25) is 14.3 Å². The van der Waals surface area contributed by atoms with Gasteiger partial charge in [0.05, 0.1) is 12.1 Å². The van der Waals surface area contributed by atoms with Crippen LogP contribution in [-0.2, 0) is 11.8 Å². The van der Waals surface area contributed by atoms with E-state index in [0.29, 0.717) is 11.6 Å². The van der Waals surface area contributed by atoms with E-state index in [-0.39, 0.29) is 18.4 Å². The van der Waals surface area contributed by atoms with Crippen LogP contribution in [0.2, 0.25) is 0 Å². The number of carbonyl (C=O) groups excluding carboxylic acids is 1. The predicted molar refractivity (Wildman–Crippen MR) is 64.2 cm³/mol. The maximum Gasteiger partial charge on any atom is 0.305 e. The Kier molecular flexibility index (Phi) is 3.36. The van der Waals surface area contributed by atoms with Crippen LogP contribution >= 0.6 is 0 Å². The molecule has 1 saturated carbocycles. The van der Waals surface area contributed by atoms with Crippen LogP contribution in [0.4, 0.5) is 0 Å². The molecule has 1 heterocycles. The van der Waals surface area contributed by atoms with Crippen LogP contribution in [0.3, 0.4) is 0 Å². The van der Waals surface area contributed by atoms with Gasteiger partial charge in [-0.1, -0.05) is 0 Å². The van der Waals surface area contributed by atoms with Crippen molar-refractivity contribution in [2.45, 2.75) is 32.2 Å². The minimum absolute atomic E-state index is 0.0206. The van der Waals surface area contributed by atoms with E-state index in [1.165, 1.54) is 4.68 Å². The summed E-state index contributed by atoms with van der Waals surface area (Å²) in [5.74, 6) is -0.830. The van der Waals surface area contributed by atoms with E-state index in [1.54, 1.807) is 13.1 Å². The molecule has 2 N–H and O–H groups in total. The van der Waals surface area contributed by atoms with Gasteiger partial charge < -0.3 is 10.4 Å². The maximum absolute atomic E-state index is 12.0. The van der Waals surface area contributed by atoms with Crippen LogP contribution in [0.25, 0.3) is 0 Å². The van der Waals surface area contributed by atoms with Gasteiger partial charge in [-0.2, -0.15) is 5.10 Å². The molecule has 1 aromatic rings. The Bertz CT molecular complexity index is 477. The van der Waals surface area contributed by atoms with Gasteiger partial charge in [0.2, 0.25) is 0 Å². The minimum Gasteiger partial charge on any atom is -0.481 e. The van der Waals surface area contributed by atoms with E-state index in [0.717, 1.165) is 18.5 Å². The number of aliphatic carboxylic acids is 1. The first-order valence-electron chi connectivity index (χ1n) is 6.00. The third kappa shape index (κ3) is 2.88. The Morgan fingerprint density at radius 2 is 2.28 bits per heavy atom. The molecule has 0 aromatic carbocycles. The zero-order valence-electron chi connectivity index (χ0n) is 10.5. The summed E-state index contributed by atoms with van der Waals surface area (Å²) in [5, 5.41) is 15.7. The summed E-state index contributed by atoms with van der Waals surface area (Å²) < 4.78 is 1.51. The Morgan fingerprint density at radius 1 is 1.61 bits per heavy atom. The molecule has 1 amide bonds. The van der Waals surface area contributed by atoms with Crippen molar-refractivity contribution in [1.29, 1.82) is 0 Å². The molecule has 1 fully saturated rings. The molecule has 0 bridgehead atoms. The molecule has 0 spiro atoms. The smallest absolute Gasteiger partial charge is 0.305 e. The summed E-state index contributed by atoms with van der Waals surface area (Å²) in [6.45, 7) is 1.81. The highest BCUT2D eigenvalue weighted by Crippen LogP contribution is 2.34. The molecular formula is C12H17N3O3. The second-order valence-corrected chi connectivity index (χ2v) is 4.81. The molecule has 98 valence electrons. The first-order valence-corrected chi connectivity index (χ1v) is 6.00. The molecule has 1 atom stereocenters. The van der Waals surface area contributed by atoms with Crippen molar-refractivity contribution >= 4 is 11.9 Å². The monoisotopic (exact) mass is 251 g/mol. The SMILES string of the molecule is Cc1cc(C(=O)NC(CC(=O)O)C2CC2)n(C)n1. The van der Waals surface area contributed by atoms with E-state index in [9.17, 15) is 9.59 Å². The number of carbonyl (C=O) groups is 2. The van der Waals surface area contributed by atoms with Gasteiger partial charge in [0.25, 0.3) is 5.91 Å². The number of aromatic nitrogens is 2. The average molecular weight is 251 g/mol. The average Bonchev–Trinajstić information content (AvgIpc) is 3.03. The number of hydrogen-bond donors (Lipinski definition) is 2. The third-order valence-electron chi connectivity index (χ3n) is 3.14. The second-order valence-electron chi connectivity index (χ2n) is 4.81. The van der Waals surface area contributed by atoms with Crippen LogP contribution < -0.4 is 5.32 Å². The van der Waals surface area contributed by atoms with E-state index < -0.39 is 5.97 Å². The summed E-state index contributed by atoms with van der Waals surface area (Å²) in [7, 11) is 1.70. The van der Waals surface area contributed by atoms with Gasteiger partial charge in [0.1, 0.15) is 5.69 Å². The van der Waals surface area contributed by atoms with Crippen LogP contribution in [0.1, 0.15) is 35.4 Å². The highest BCUT2D eigenvalue weighted by atomic mass is 16.4. The van der Waals surface area contributed by atoms with Crippen LogP contribution in [-0.4, -0.2) is 32.8 Å². The van der Waals surface area contributed by atoms with Crippen molar-refractivity contribution in [1.82, 2.24) is 15.1 Å². The summed E-state index contributed by atoms with van der Waals surface area (Å²) in [5.41, 5.74) is 1.23. The molecule has 6 heteroatoms. The van der Waals surface area contributed by atoms with Crippen molar-refractivity contribution in [3.63, 3.8) is 0 Å². The molecule has 1 aromatic heterocycles. The molecule has 0 saturated heterocycles. The van der Waals surface area contributed by atoms with E-state index in [1.807, 2.05) is 6.92 Å². The van der Waals surface area contributed by atoms with Crippen molar-refractivity contribution in [2.75, 3.05) is 0 Å². The number of nitrogens with one attached hydrogen (secondary N) is 1.